The summed E-state index contributed by atoms with van der Waals surface area (Å²) in [5, 5.41) is 11.7. The van der Waals surface area contributed by atoms with Crippen LogP contribution in [0.5, 0.6) is 0 Å². The van der Waals surface area contributed by atoms with Gasteiger partial charge in [0.05, 0.1) is 16.0 Å². The van der Waals surface area contributed by atoms with Gasteiger partial charge in [-0.1, -0.05) is 35.7 Å². The van der Waals surface area contributed by atoms with Gasteiger partial charge in [0.15, 0.2) is 0 Å². The summed E-state index contributed by atoms with van der Waals surface area (Å²) in [7, 11) is 0. The average Bonchev–Trinajstić information content (AvgIpc) is 2.40. The van der Waals surface area contributed by atoms with Crippen LogP contribution in [0.1, 0.15) is 37.2 Å². The number of benzene rings is 1. The molecule has 20 heavy (non-hydrogen) atoms. The van der Waals surface area contributed by atoms with E-state index in [0.717, 1.165) is 18.4 Å². The SMILES string of the molecule is O=C1CCCC[C@H]1[C@@H](C[N+](=O)[O-])c1ccc(Cl)c(Cl)c1. The fraction of sp³-hybridized carbons (Fsp3) is 0.500. The molecule has 0 aliphatic heterocycles. The van der Waals surface area contributed by atoms with E-state index in [0.29, 0.717) is 22.9 Å². The zero-order chi connectivity index (χ0) is 14.7. The summed E-state index contributed by atoms with van der Waals surface area (Å²) in [6.07, 6.45) is 3.03. The van der Waals surface area contributed by atoms with Gasteiger partial charge in [-0.3, -0.25) is 14.9 Å². The molecule has 2 rings (SSSR count). The van der Waals surface area contributed by atoms with E-state index < -0.39 is 5.92 Å². The second-order valence-corrected chi connectivity index (χ2v) is 5.93. The standard InChI is InChI=1S/C14H15Cl2NO3/c15-12-6-5-9(7-13(12)16)11(8-17(19)20)10-3-1-2-4-14(10)18/h5-7,10-11H,1-4,8H2/t10-,11-/m0/s1. The normalized spacial score (nSPS) is 20.7. The van der Waals surface area contributed by atoms with Gasteiger partial charge in [0, 0.05) is 17.3 Å². The molecule has 1 aromatic carbocycles. The first-order valence-corrected chi connectivity index (χ1v) is 7.34. The monoisotopic (exact) mass is 315 g/mol. The third-order valence-electron chi connectivity index (χ3n) is 3.81. The number of Topliss-reactive ketones (excluding diaryl/α,β-unsaturated/α-hetero) is 1. The van der Waals surface area contributed by atoms with Crippen molar-refractivity contribution in [2.24, 2.45) is 5.92 Å². The van der Waals surface area contributed by atoms with Crippen LogP contribution in [0.25, 0.3) is 0 Å². The van der Waals surface area contributed by atoms with Gasteiger partial charge in [0.25, 0.3) is 0 Å². The number of hydrogen-bond acceptors (Lipinski definition) is 3. The first-order valence-electron chi connectivity index (χ1n) is 6.58. The molecule has 1 aromatic rings. The zero-order valence-corrected chi connectivity index (χ0v) is 12.4. The molecule has 1 saturated carbocycles. The molecule has 0 N–H and O–H groups in total. The Morgan fingerprint density at radius 3 is 2.65 bits per heavy atom. The van der Waals surface area contributed by atoms with Crippen LogP contribution < -0.4 is 0 Å². The van der Waals surface area contributed by atoms with Crippen molar-refractivity contribution in [3.8, 4) is 0 Å². The third-order valence-corrected chi connectivity index (χ3v) is 4.54. The predicted molar refractivity (Wildman–Crippen MR) is 78.0 cm³/mol. The van der Waals surface area contributed by atoms with Gasteiger partial charge in [-0.25, -0.2) is 0 Å². The van der Waals surface area contributed by atoms with Crippen LogP contribution in [0.15, 0.2) is 18.2 Å². The molecule has 1 aliphatic rings. The smallest absolute Gasteiger partial charge is 0.211 e. The molecule has 1 aliphatic carbocycles. The largest absolute Gasteiger partial charge is 0.299 e. The minimum absolute atomic E-state index is 0.120. The highest BCUT2D eigenvalue weighted by Crippen LogP contribution is 2.36. The number of rotatable bonds is 4. The van der Waals surface area contributed by atoms with Crippen LogP contribution in [0, 0.1) is 16.0 Å². The van der Waals surface area contributed by atoms with Gasteiger partial charge >= 0.3 is 0 Å². The average molecular weight is 316 g/mol. The number of ketones is 1. The van der Waals surface area contributed by atoms with Crippen molar-refractivity contribution in [2.75, 3.05) is 6.54 Å². The quantitative estimate of drug-likeness (QED) is 0.620. The minimum Gasteiger partial charge on any atom is -0.299 e. The van der Waals surface area contributed by atoms with E-state index in [1.54, 1.807) is 18.2 Å². The van der Waals surface area contributed by atoms with Gasteiger partial charge in [0.2, 0.25) is 6.54 Å². The van der Waals surface area contributed by atoms with Crippen molar-refractivity contribution in [3.05, 3.63) is 43.9 Å². The molecule has 0 saturated heterocycles. The second-order valence-electron chi connectivity index (χ2n) is 5.11. The first-order chi connectivity index (χ1) is 9.49. The summed E-state index contributed by atoms with van der Waals surface area (Å²) < 4.78 is 0. The Morgan fingerprint density at radius 2 is 2.05 bits per heavy atom. The number of hydrogen-bond donors (Lipinski definition) is 0. The van der Waals surface area contributed by atoms with Crippen LogP contribution >= 0.6 is 23.2 Å². The molecule has 0 heterocycles. The lowest BCUT2D eigenvalue weighted by Crippen LogP contribution is -2.30. The third kappa shape index (κ3) is 3.49. The molecule has 0 bridgehead atoms. The number of nitrogens with zero attached hydrogens (tertiary/aromatic N) is 1. The number of halogens is 2. The molecule has 6 heteroatoms. The number of nitro groups is 1. The molecule has 4 nitrogen and oxygen atoms in total. The summed E-state index contributed by atoms with van der Waals surface area (Å²) in [6.45, 7) is -0.256. The lowest BCUT2D eigenvalue weighted by Gasteiger charge is -2.27. The van der Waals surface area contributed by atoms with Crippen molar-refractivity contribution in [1.29, 1.82) is 0 Å². The van der Waals surface area contributed by atoms with Crippen molar-refractivity contribution in [3.63, 3.8) is 0 Å². The van der Waals surface area contributed by atoms with E-state index in [-0.39, 0.29) is 23.2 Å². The Balaban J connectivity index is 2.32. The van der Waals surface area contributed by atoms with Crippen molar-refractivity contribution in [1.82, 2.24) is 0 Å². The number of carbonyl (C=O) groups is 1. The van der Waals surface area contributed by atoms with E-state index in [9.17, 15) is 14.9 Å². The summed E-state index contributed by atoms with van der Waals surface area (Å²) in [5.41, 5.74) is 0.719. The van der Waals surface area contributed by atoms with Crippen molar-refractivity contribution >= 4 is 29.0 Å². The maximum Gasteiger partial charge on any atom is 0.211 e. The molecule has 0 unspecified atom stereocenters. The Kier molecular flexibility index (Phi) is 5.00. The van der Waals surface area contributed by atoms with E-state index in [4.69, 9.17) is 23.2 Å². The van der Waals surface area contributed by atoms with Crippen molar-refractivity contribution < 1.29 is 9.72 Å². The molecule has 108 valence electrons. The van der Waals surface area contributed by atoms with Gasteiger partial charge in [-0.2, -0.15) is 0 Å². The summed E-state index contributed by atoms with van der Waals surface area (Å²) in [4.78, 5) is 22.6. The lowest BCUT2D eigenvalue weighted by atomic mass is 9.76. The molecule has 1 fully saturated rings. The maximum atomic E-state index is 12.1. The fourth-order valence-corrected chi connectivity index (χ4v) is 3.11. The molecular weight excluding hydrogens is 301 g/mol. The summed E-state index contributed by atoms with van der Waals surface area (Å²) in [6, 6.07) is 4.99. The van der Waals surface area contributed by atoms with Crippen LogP contribution in [0.4, 0.5) is 0 Å². The van der Waals surface area contributed by atoms with Crippen LogP contribution in [0.2, 0.25) is 10.0 Å². The maximum absolute atomic E-state index is 12.1. The minimum atomic E-state index is -0.424. The van der Waals surface area contributed by atoms with Gasteiger partial charge in [-0.15, -0.1) is 0 Å². The molecule has 0 spiro atoms. The summed E-state index contributed by atoms with van der Waals surface area (Å²) in [5.74, 6) is -0.590. The van der Waals surface area contributed by atoms with Gasteiger partial charge < -0.3 is 0 Å². The van der Waals surface area contributed by atoms with E-state index in [2.05, 4.69) is 0 Å². The van der Waals surface area contributed by atoms with E-state index in [1.807, 2.05) is 0 Å². The van der Waals surface area contributed by atoms with E-state index >= 15 is 0 Å². The van der Waals surface area contributed by atoms with Gasteiger partial charge in [0.1, 0.15) is 5.78 Å². The molecule has 0 radical (unpaired) electrons. The molecule has 2 atom stereocenters. The Hall–Kier alpha value is -1.13. The highest BCUT2D eigenvalue weighted by atomic mass is 35.5. The Labute approximate surface area is 127 Å². The molecular formula is C14H15Cl2NO3. The highest BCUT2D eigenvalue weighted by Gasteiger charge is 2.34. The van der Waals surface area contributed by atoms with Crippen LogP contribution in [-0.4, -0.2) is 17.3 Å². The lowest BCUT2D eigenvalue weighted by molar-refractivity contribution is -0.484. The van der Waals surface area contributed by atoms with Crippen LogP contribution in [-0.2, 0) is 4.79 Å². The van der Waals surface area contributed by atoms with E-state index in [1.165, 1.54) is 0 Å². The Bertz CT molecular complexity index is 533. The fourth-order valence-electron chi connectivity index (χ4n) is 2.80. The predicted octanol–water partition coefficient (Wildman–Crippen LogP) is 4.11. The second kappa shape index (κ2) is 6.55. The number of carbonyl (C=O) groups excluding carboxylic acids is 1. The highest BCUT2D eigenvalue weighted by molar-refractivity contribution is 6.42. The molecule has 0 amide bonds. The zero-order valence-electron chi connectivity index (χ0n) is 10.9. The van der Waals surface area contributed by atoms with Crippen LogP contribution in [0.3, 0.4) is 0 Å². The van der Waals surface area contributed by atoms with Crippen molar-refractivity contribution in [2.45, 2.75) is 31.6 Å². The topological polar surface area (TPSA) is 60.2 Å². The Morgan fingerprint density at radius 1 is 1.30 bits per heavy atom. The summed E-state index contributed by atoms with van der Waals surface area (Å²) >= 11 is 11.9. The molecule has 0 aromatic heterocycles. The first kappa shape index (κ1) is 15.3. The van der Waals surface area contributed by atoms with Gasteiger partial charge in [-0.05, 0) is 30.5 Å².